The first kappa shape index (κ1) is 36.8. The number of nitrogens with zero attached hydrogens (tertiary/aromatic N) is 2. The van der Waals surface area contributed by atoms with Gasteiger partial charge in [0.15, 0.2) is 0 Å². The quantitative estimate of drug-likeness (QED) is 0.152. The first-order valence-electron chi connectivity index (χ1n) is 21.8. The molecular formula is C58H46N2Si2. The van der Waals surface area contributed by atoms with Crippen LogP contribution in [-0.2, 0) is 0 Å². The van der Waals surface area contributed by atoms with Gasteiger partial charge in [-0.3, -0.25) is 0 Å². The lowest BCUT2D eigenvalue weighted by atomic mass is 9.98. The molecule has 0 fully saturated rings. The summed E-state index contributed by atoms with van der Waals surface area (Å²) in [5.74, 6) is 0. The van der Waals surface area contributed by atoms with Gasteiger partial charge in [-0.05, 0) is 132 Å². The summed E-state index contributed by atoms with van der Waals surface area (Å²) in [6.45, 7) is 10.1. The van der Waals surface area contributed by atoms with Gasteiger partial charge in [0, 0.05) is 33.5 Å². The van der Waals surface area contributed by atoms with Crippen LogP contribution in [0.3, 0.4) is 0 Å². The van der Waals surface area contributed by atoms with Crippen LogP contribution in [0.2, 0.25) is 26.2 Å². The second-order valence-electron chi connectivity index (χ2n) is 18.2. The minimum Gasteiger partial charge on any atom is -0.311 e. The predicted octanol–water partition coefficient (Wildman–Crippen LogP) is 13.2. The molecule has 0 spiro atoms. The van der Waals surface area contributed by atoms with Crippen molar-refractivity contribution in [2.75, 3.05) is 4.90 Å². The molecule has 12 rings (SSSR count). The fourth-order valence-corrected chi connectivity index (χ4v) is 17.0. The van der Waals surface area contributed by atoms with Gasteiger partial charge in [-0.15, -0.1) is 0 Å². The van der Waals surface area contributed by atoms with Crippen LogP contribution in [0.5, 0.6) is 0 Å². The van der Waals surface area contributed by atoms with E-state index in [9.17, 15) is 0 Å². The smallest absolute Gasteiger partial charge is 0.113 e. The predicted molar refractivity (Wildman–Crippen MR) is 271 cm³/mol. The van der Waals surface area contributed by atoms with Crippen molar-refractivity contribution in [1.82, 2.24) is 4.57 Å². The summed E-state index contributed by atoms with van der Waals surface area (Å²) in [7, 11) is -4.02. The van der Waals surface area contributed by atoms with Crippen LogP contribution in [0, 0.1) is 0 Å². The van der Waals surface area contributed by atoms with Gasteiger partial charge in [0.1, 0.15) is 16.1 Å². The Morgan fingerprint density at radius 1 is 0.323 bits per heavy atom. The molecule has 0 saturated heterocycles. The summed E-state index contributed by atoms with van der Waals surface area (Å²) in [4.78, 5) is 2.50. The average Bonchev–Trinajstić information content (AvgIpc) is 3.86. The lowest BCUT2D eigenvalue weighted by Gasteiger charge is -2.29. The van der Waals surface area contributed by atoms with E-state index in [0.29, 0.717) is 0 Å². The molecule has 1 aromatic heterocycles. The summed E-state index contributed by atoms with van der Waals surface area (Å²) >= 11 is 0. The Labute approximate surface area is 366 Å². The number of hydrogen-bond acceptors (Lipinski definition) is 1. The van der Waals surface area contributed by atoms with E-state index >= 15 is 0 Å². The van der Waals surface area contributed by atoms with Gasteiger partial charge in [0.25, 0.3) is 0 Å². The number of rotatable bonds is 6. The average molecular weight is 827 g/mol. The van der Waals surface area contributed by atoms with Crippen molar-refractivity contribution < 1.29 is 0 Å². The third kappa shape index (κ3) is 5.53. The summed E-state index contributed by atoms with van der Waals surface area (Å²) in [6.07, 6.45) is 0. The molecule has 0 saturated carbocycles. The van der Waals surface area contributed by atoms with Crippen LogP contribution in [0.15, 0.2) is 206 Å². The SMILES string of the molecule is C[Si]1(C)c2ccccc2-c2ccc(N(c3ccc(-c4ccccc4)cc3)c3ccc4c(c3)[Si](C)(C)c3cc(-c5ccc6c(c5)c5ccccc5n6-c5ccccc5)ccc3-4)cc21. The van der Waals surface area contributed by atoms with Crippen LogP contribution in [-0.4, -0.2) is 20.7 Å². The third-order valence-electron chi connectivity index (χ3n) is 14.0. The van der Waals surface area contributed by atoms with Crippen LogP contribution < -0.4 is 25.6 Å². The lowest BCUT2D eigenvalue weighted by Crippen LogP contribution is -2.49. The molecule has 2 nitrogen and oxygen atoms in total. The second kappa shape index (κ2) is 13.8. The normalized spacial score (nSPS) is 14.1. The molecule has 0 atom stereocenters. The highest BCUT2D eigenvalue weighted by molar-refractivity contribution is 7.04. The molecular weight excluding hydrogens is 781 g/mol. The van der Waals surface area contributed by atoms with Crippen molar-refractivity contribution in [2.45, 2.75) is 26.2 Å². The largest absolute Gasteiger partial charge is 0.311 e. The van der Waals surface area contributed by atoms with Gasteiger partial charge in [0.05, 0.1) is 11.0 Å². The first-order chi connectivity index (χ1) is 30.3. The van der Waals surface area contributed by atoms with Crippen LogP contribution in [0.1, 0.15) is 0 Å². The molecule has 0 amide bonds. The van der Waals surface area contributed by atoms with Gasteiger partial charge < -0.3 is 9.47 Å². The Balaban J connectivity index is 0.956. The van der Waals surface area contributed by atoms with E-state index in [1.165, 1.54) is 110 Å². The molecule has 296 valence electrons. The molecule has 0 aliphatic carbocycles. The highest BCUT2D eigenvalue weighted by Crippen LogP contribution is 2.41. The molecule has 0 N–H and O–H groups in total. The third-order valence-corrected chi connectivity index (χ3v) is 21.1. The zero-order valence-electron chi connectivity index (χ0n) is 35.5. The van der Waals surface area contributed by atoms with Gasteiger partial charge in [-0.25, -0.2) is 0 Å². The van der Waals surface area contributed by atoms with Crippen LogP contribution >= 0.6 is 0 Å². The Hall–Kier alpha value is -6.99. The molecule has 9 aromatic carbocycles. The van der Waals surface area contributed by atoms with Gasteiger partial charge in [0.2, 0.25) is 0 Å². The highest BCUT2D eigenvalue weighted by Gasteiger charge is 2.40. The van der Waals surface area contributed by atoms with Crippen molar-refractivity contribution in [3.63, 3.8) is 0 Å². The Bertz CT molecular complexity index is 3400. The monoisotopic (exact) mass is 826 g/mol. The molecule has 0 bridgehead atoms. The van der Waals surface area contributed by atoms with Crippen molar-refractivity contribution in [1.29, 1.82) is 0 Å². The first-order valence-corrected chi connectivity index (χ1v) is 27.8. The van der Waals surface area contributed by atoms with E-state index in [2.05, 4.69) is 242 Å². The Morgan fingerprint density at radius 3 is 1.50 bits per heavy atom. The molecule has 0 radical (unpaired) electrons. The Morgan fingerprint density at radius 2 is 0.790 bits per heavy atom. The minimum atomic E-state index is -2.12. The van der Waals surface area contributed by atoms with Crippen LogP contribution in [0.25, 0.3) is 72.0 Å². The van der Waals surface area contributed by atoms with E-state index in [1.54, 1.807) is 0 Å². The Kier molecular flexibility index (Phi) is 8.18. The number of benzene rings is 9. The molecule has 4 heteroatoms. The fraction of sp³-hybridized carbons (Fsp3) is 0.0690. The van der Waals surface area contributed by atoms with Gasteiger partial charge >= 0.3 is 0 Å². The summed E-state index contributed by atoms with van der Waals surface area (Å²) in [5, 5.41) is 8.62. The van der Waals surface area contributed by atoms with Crippen molar-refractivity contribution in [3.05, 3.63) is 206 Å². The zero-order valence-corrected chi connectivity index (χ0v) is 37.5. The van der Waals surface area contributed by atoms with E-state index < -0.39 is 16.1 Å². The summed E-state index contributed by atoms with van der Waals surface area (Å²) in [6, 6.07) is 77.3. The molecule has 2 aliphatic heterocycles. The van der Waals surface area contributed by atoms with Gasteiger partial charge in [-0.2, -0.15) is 0 Å². The number of hydrogen-bond donors (Lipinski definition) is 0. The maximum Gasteiger partial charge on any atom is 0.113 e. The van der Waals surface area contributed by atoms with Crippen LogP contribution in [0.4, 0.5) is 17.1 Å². The molecule has 10 aromatic rings. The standard InChI is InChI=1S/C58H46N2Si2/c1-61(2)55-22-14-12-20-48(55)50-32-29-45(37-57(50)61)59(44-27-23-40(24-28-44)39-15-7-5-8-16-39)46-30-33-51-49-31-25-42(36-56(49)62(3,4)58(51)38-46)41-26-34-54-52(35-41)47-19-11-13-21-53(47)60(54)43-17-9-6-10-18-43/h5-38H,1-4H3. The number of para-hydroxylation sites is 2. The molecule has 62 heavy (non-hydrogen) atoms. The lowest BCUT2D eigenvalue weighted by molar-refractivity contribution is 1.18. The number of fused-ring (bicyclic) bond motifs is 9. The fourth-order valence-electron chi connectivity index (χ4n) is 10.8. The molecule has 0 unspecified atom stereocenters. The highest BCUT2D eigenvalue weighted by atomic mass is 28.3. The van der Waals surface area contributed by atoms with E-state index in [0.717, 1.165) is 0 Å². The summed E-state index contributed by atoms with van der Waals surface area (Å²) < 4.78 is 2.40. The number of aromatic nitrogens is 1. The molecule has 3 heterocycles. The summed E-state index contributed by atoms with van der Waals surface area (Å²) in [5.41, 5.74) is 17.8. The maximum atomic E-state index is 2.54. The van der Waals surface area contributed by atoms with E-state index in [1.807, 2.05) is 0 Å². The maximum absolute atomic E-state index is 2.54. The second-order valence-corrected chi connectivity index (χ2v) is 26.8. The molecule has 2 aliphatic rings. The topological polar surface area (TPSA) is 8.17 Å². The number of anilines is 3. The minimum absolute atomic E-state index is 1.17. The van der Waals surface area contributed by atoms with E-state index in [-0.39, 0.29) is 0 Å². The van der Waals surface area contributed by atoms with E-state index in [4.69, 9.17) is 0 Å². The van der Waals surface area contributed by atoms with Crippen molar-refractivity contribution in [2.24, 2.45) is 0 Å². The van der Waals surface area contributed by atoms with Gasteiger partial charge in [-0.1, -0.05) is 166 Å². The van der Waals surface area contributed by atoms with Crippen molar-refractivity contribution in [3.8, 4) is 50.2 Å². The van der Waals surface area contributed by atoms with Crippen molar-refractivity contribution >= 4 is 75.8 Å². The zero-order chi connectivity index (χ0) is 41.7.